The summed E-state index contributed by atoms with van der Waals surface area (Å²) in [6.45, 7) is 1.68. The molecule has 0 atom stereocenters. The molecule has 0 bridgehead atoms. The molecule has 1 N–H and O–H groups in total. The lowest BCUT2D eigenvalue weighted by molar-refractivity contribution is -0.122. The van der Waals surface area contributed by atoms with Crippen LogP contribution in [0, 0.1) is 5.92 Å². The Morgan fingerprint density at radius 1 is 1.03 bits per heavy atom. The zero-order valence-corrected chi connectivity index (χ0v) is 18.2. The maximum Gasteiger partial charge on any atom is 0.253 e. The molecule has 2 aromatic heterocycles. The first kappa shape index (κ1) is 21.0. The molecule has 0 radical (unpaired) electrons. The third-order valence-corrected chi connectivity index (χ3v) is 6.07. The minimum Gasteiger partial charge on any atom is -0.467 e. The minimum atomic E-state index is -0.0121. The van der Waals surface area contributed by atoms with E-state index < -0.39 is 0 Å². The van der Waals surface area contributed by atoms with Crippen molar-refractivity contribution in [3.05, 3.63) is 78.3 Å². The third-order valence-electron chi connectivity index (χ3n) is 6.07. The normalized spacial score (nSPS) is 14.5. The molecule has 2 aromatic carbocycles. The second-order valence-electron chi connectivity index (χ2n) is 8.36. The van der Waals surface area contributed by atoms with E-state index in [1.807, 2.05) is 41.3 Å². The molecule has 0 spiro atoms. The van der Waals surface area contributed by atoms with Crippen LogP contribution in [0.1, 0.15) is 35.4 Å². The molecule has 33 heavy (non-hydrogen) atoms. The fourth-order valence-corrected chi connectivity index (χ4v) is 4.22. The number of piperidine rings is 1. The van der Waals surface area contributed by atoms with E-state index in [1.165, 1.54) is 0 Å². The van der Waals surface area contributed by atoms with Crippen LogP contribution < -0.4 is 5.32 Å². The highest BCUT2D eigenvalue weighted by Gasteiger charge is 2.25. The summed E-state index contributed by atoms with van der Waals surface area (Å²) in [5, 5.41) is 2.89. The van der Waals surface area contributed by atoms with E-state index in [1.54, 1.807) is 30.5 Å². The molecule has 0 saturated carbocycles. The average Bonchev–Trinajstić information content (AvgIpc) is 3.53. The molecule has 3 heterocycles. The number of hydrogen-bond donors (Lipinski definition) is 1. The Balaban J connectivity index is 1.17. The molecule has 1 saturated heterocycles. The Morgan fingerprint density at radius 3 is 2.61 bits per heavy atom. The van der Waals surface area contributed by atoms with Gasteiger partial charge in [0, 0.05) is 30.6 Å². The first-order valence-electron chi connectivity index (χ1n) is 11.2. The number of fused-ring (bicyclic) bond motifs is 1. The van der Waals surface area contributed by atoms with Gasteiger partial charge in [0.1, 0.15) is 11.3 Å². The smallest absolute Gasteiger partial charge is 0.253 e. The summed E-state index contributed by atoms with van der Waals surface area (Å²) in [5.41, 5.74) is 2.83. The van der Waals surface area contributed by atoms with Gasteiger partial charge in [-0.2, -0.15) is 0 Å². The zero-order valence-electron chi connectivity index (χ0n) is 18.2. The Hall–Kier alpha value is -3.87. The number of benzene rings is 2. The van der Waals surface area contributed by atoms with Crippen molar-refractivity contribution >= 4 is 22.9 Å². The lowest BCUT2D eigenvalue weighted by Gasteiger charge is -2.31. The predicted molar refractivity (Wildman–Crippen MR) is 123 cm³/mol. The molecule has 168 valence electrons. The van der Waals surface area contributed by atoms with Gasteiger partial charge in [-0.25, -0.2) is 4.98 Å². The van der Waals surface area contributed by atoms with Crippen LogP contribution in [0.15, 0.2) is 75.8 Å². The summed E-state index contributed by atoms with van der Waals surface area (Å²) in [6.07, 6.45) is 3.68. The van der Waals surface area contributed by atoms with E-state index in [-0.39, 0.29) is 17.7 Å². The van der Waals surface area contributed by atoms with Crippen molar-refractivity contribution in [2.24, 2.45) is 5.92 Å². The average molecular weight is 444 g/mol. The number of likely N-dealkylation sites (tertiary alicyclic amines) is 1. The quantitative estimate of drug-likeness (QED) is 0.469. The number of hydrogen-bond acceptors (Lipinski definition) is 5. The van der Waals surface area contributed by atoms with Crippen LogP contribution in [0.3, 0.4) is 0 Å². The van der Waals surface area contributed by atoms with E-state index in [0.29, 0.717) is 48.6 Å². The molecule has 1 aliphatic rings. The third kappa shape index (κ3) is 4.82. The van der Waals surface area contributed by atoms with Crippen molar-refractivity contribution in [1.82, 2.24) is 15.2 Å². The predicted octanol–water partition coefficient (Wildman–Crippen LogP) is 4.65. The summed E-state index contributed by atoms with van der Waals surface area (Å²) in [7, 11) is 0. The fraction of sp³-hybridized carbons (Fsp3) is 0.269. The van der Waals surface area contributed by atoms with Gasteiger partial charge in [0.05, 0.1) is 12.8 Å². The highest BCUT2D eigenvalue weighted by molar-refractivity contribution is 5.97. The van der Waals surface area contributed by atoms with Crippen molar-refractivity contribution in [2.45, 2.75) is 25.8 Å². The number of furan rings is 1. The number of aromatic nitrogens is 1. The molecule has 4 aromatic rings. The summed E-state index contributed by atoms with van der Waals surface area (Å²) >= 11 is 0. The van der Waals surface area contributed by atoms with E-state index >= 15 is 0 Å². The van der Waals surface area contributed by atoms with E-state index in [0.717, 1.165) is 24.2 Å². The van der Waals surface area contributed by atoms with Crippen LogP contribution in [-0.2, 0) is 11.3 Å². The van der Waals surface area contributed by atoms with Crippen molar-refractivity contribution in [1.29, 1.82) is 0 Å². The van der Waals surface area contributed by atoms with Crippen LogP contribution in [0.25, 0.3) is 22.6 Å². The van der Waals surface area contributed by atoms with E-state index in [9.17, 15) is 9.59 Å². The van der Waals surface area contributed by atoms with Crippen molar-refractivity contribution < 1.29 is 18.4 Å². The lowest BCUT2D eigenvalue weighted by Crippen LogP contribution is -2.39. The Kier molecular flexibility index (Phi) is 5.93. The number of oxazole rings is 1. The minimum absolute atomic E-state index is 0.0121. The van der Waals surface area contributed by atoms with Crippen LogP contribution in [0.5, 0.6) is 0 Å². The first-order valence-corrected chi connectivity index (χ1v) is 11.2. The topological polar surface area (TPSA) is 88.6 Å². The number of carbonyl (C=O) groups excluding carboxylic acids is 2. The Morgan fingerprint density at radius 2 is 1.85 bits per heavy atom. The second kappa shape index (κ2) is 9.32. The van der Waals surface area contributed by atoms with Gasteiger partial charge < -0.3 is 19.1 Å². The second-order valence-corrected chi connectivity index (χ2v) is 8.36. The summed E-state index contributed by atoms with van der Waals surface area (Å²) < 4.78 is 11.1. The van der Waals surface area contributed by atoms with E-state index in [4.69, 9.17) is 8.83 Å². The zero-order chi connectivity index (χ0) is 22.6. The summed E-state index contributed by atoms with van der Waals surface area (Å²) in [4.78, 5) is 31.7. The van der Waals surface area contributed by atoms with Crippen LogP contribution >= 0.6 is 0 Å². The highest BCUT2D eigenvalue weighted by Crippen LogP contribution is 2.26. The number of carbonyl (C=O) groups is 2. The van der Waals surface area contributed by atoms with Gasteiger partial charge in [-0.3, -0.25) is 9.59 Å². The van der Waals surface area contributed by atoms with Gasteiger partial charge in [0.2, 0.25) is 11.8 Å². The van der Waals surface area contributed by atoms with Crippen LogP contribution in [-0.4, -0.2) is 34.8 Å². The van der Waals surface area contributed by atoms with Crippen molar-refractivity contribution in [3.8, 4) is 11.5 Å². The molecule has 0 unspecified atom stereocenters. The number of rotatable bonds is 6. The molecule has 1 aliphatic heterocycles. The Bertz CT molecular complexity index is 1240. The first-order chi connectivity index (χ1) is 16.2. The van der Waals surface area contributed by atoms with Gasteiger partial charge in [0.15, 0.2) is 5.58 Å². The standard InChI is InChI=1S/C26H25N3O4/c30-24(27-17-21-7-4-14-32-21)15-18-10-12-29(13-11-18)26(31)20-8-9-23-22(16-20)28-25(33-23)19-5-2-1-3-6-19/h1-9,14,16,18H,10-13,15,17H2,(H,27,30). The van der Waals surface area contributed by atoms with Crippen LogP contribution in [0.2, 0.25) is 0 Å². The highest BCUT2D eigenvalue weighted by atomic mass is 16.3. The van der Waals surface area contributed by atoms with Gasteiger partial charge in [-0.1, -0.05) is 18.2 Å². The number of amides is 2. The summed E-state index contributed by atoms with van der Waals surface area (Å²) in [5.74, 6) is 1.56. The fourth-order valence-electron chi connectivity index (χ4n) is 4.22. The molecule has 7 heteroatoms. The van der Waals surface area contributed by atoms with Crippen molar-refractivity contribution in [3.63, 3.8) is 0 Å². The molecule has 0 aliphatic carbocycles. The van der Waals surface area contributed by atoms with Gasteiger partial charge in [0.25, 0.3) is 5.91 Å². The molecule has 2 amide bonds. The van der Waals surface area contributed by atoms with E-state index in [2.05, 4.69) is 10.3 Å². The molecule has 1 fully saturated rings. The summed E-state index contributed by atoms with van der Waals surface area (Å²) in [6, 6.07) is 18.7. The monoisotopic (exact) mass is 443 g/mol. The maximum absolute atomic E-state index is 13.1. The van der Waals surface area contributed by atoms with Gasteiger partial charge >= 0.3 is 0 Å². The van der Waals surface area contributed by atoms with Gasteiger partial charge in [-0.15, -0.1) is 0 Å². The number of nitrogens with zero attached hydrogens (tertiary/aromatic N) is 2. The lowest BCUT2D eigenvalue weighted by atomic mass is 9.93. The SMILES string of the molecule is O=C(CC1CCN(C(=O)c2ccc3oc(-c4ccccc4)nc3c2)CC1)NCc1ccco1. The Labute approximate surface area is 191 Å². The number of nitrogens with one attached hydrogen (secondary N) is 1. The largest absolute Gasteiger partial charge is 0.467 e. The van der Waals surface area contributed by atoms with Crippen molar-refractivity contribution in [2.75, 3.05) is 13.1 Å². The molecule has 7 nitrogen and oxygen atoms in total. The molecular weight excluding hydrogens is 418 g/mol. The van der Waals surface area contributed by atoms with Crippen LogP contribution in [0.4, 0.5) is 0 Å². The van der Waals surface area contributed by atoms with Gasteiger partial charge in [-0.05, 0) is 61.2 Å². The molecule has 5 rings (SSSR count). The maximum atomic E-state index is 13.1. The molecular formula is C26H25N3O4.